The molecule has 4 heteroatoms. The summed E-state index contributed by atoms with van der Waals surface area (Å²) in [7, 11) is 0. The third-order valence-corrected chi connectivity index (χ3v) is 2.45. The van der Waals surface area contributed by atoms with E-state index >= 15 is 0 Å². The summed E-state index contributed by atoms with van der Waals surface area (Å²) < 4.78 is 13.4. The molecule has 3 nitrogen and oxygen atoms in total. The first kappa shape index (κ1) is 13.5. The van der Waals surface area contributed by atoms with Crippen LogP contribution in [-0.2, 0) is 0 Å². The van der Waals surface area contributed by atoms with E-state index in [1.165, 1.54) is 6.07 Å². The minimum Gasteiger partial charge on any atom is -0.370 e. The number of hydrogen-bond acceptors (Lipinski definition) is 1. The van der Waals surface area contributed by atoms with Gasteiger partial charge in [-0.1, -0.05) is 12.1 Å². The smallest absolute Gasteiger partial charge is 0.189 e. The van der Waals surface area contributed by atoms with Crippen molar-refractivity contribution in [1.82, 2.24) is 5.32 Å². The fourth-order valence-electron chi connectivity index (χ4n) is 1.49. The van der Waals surface area contributed by atoms with Crippen molar-refractivity contribution in [3.63, 3.8) is 0 Å². The molecule has 0 radical (unpaired) electrons. The Morgan fingerprint density at radius 3 is 2.53 bits per heavy atom. The number of rotatable bonds is 3. The molecule has 1 aromatic carbocycles. The molecule has 3 N–H and O–H groups in total. The van der Waals surface area contributed by atoms with Crippen LogP contribution in [0.15, 0.2) is 23.2 Å². The lowest BCUT2D eigenvalue weighted by atomic mass is 10.1. The summed E-state index contributed by atoms with van der Waals surface area (Å²) >= 11 is 0. The van der Waals surface area contributed by atoms with Crippen molar-refractivity contribution in [3.05, 3.63) is 35.1 Å². The van der Waals surface area contributed by atoms with Gasteiger partial charge in [0.25, 0.3) is 0 Å². The number of nitrogens with zero attached hydrogens (tertiary/aromatic N) is 1. The Labute approximate surface area is 102 Å². The predicted octanol–water partition coefficient (Wildman–Crippen LogP) is 2.51. The van der Waals surface area contributed by atoms with E-state index in [4.69, 9.17) is 5.73 Å². The molecule has 17 heavy (non-hydrogen) atoms. The van der Waals surface area contributed by atoms with Crippen LogP contribution in [0.5, 0.6) is 0 Å². The average Bonchev–Trinajstić information content (AvgIpc) is 2.20. The summed E-state index contributed by atoms with van der Waals surface area (Å²) in [6, 6.07) is 5.21. The van der Waals surface area contributed by atoms with Gasteiger partial charge in [-0.2, -0.15) is 0 Å². The van der Waals surface area contributed by atoms with Crippen molar-refractivity contribution in [2.45, 2.75) is 39.8 Å². The molecule has 1 unspecified atom stereocenters. The van der Waals surface area contributed by atoms with Crippen LogP contribution in [0.25, 0.3) is 0 Å². The minimum absolute atomic E-state index is 0.156. The Balaban J connectivity index is 2.82. The van der Waals surface area contributed by atoms with Gasteiger partial charge < -0.3 is 11.1 Å². The molecule has 0 saturated carbocycles. The van der Waals surface area contributed by atoms with Gasteiger partial charge in [-0.25, -0.2) is 9.38 Å². The average molecular weight is 237 g/mol. The maximum absolute atomic E-state index is 13.4. The summed E-state index contributed by atoms with van der Waals surface area (Å²) in [5, 5.41) is 3.00. The van der Waals surface area contributed by atoms with E-state index in [0.29, 0.717) is 11.5 Å². The second-order valence-corrected chi connectivity index (χ2v) is 4.50. The lowest BCUT2D eigenvalue weighted by molar-refractivity contribution is 0.613. The molecular weight excluding hydrogens is 217 g/mol. The van der Waals surface area contributed by atoms with Crippen molar-refractivity contribution >= 4 is 5.96 Å². The number of hydrogen-bond donors (Lipinski definition) is 2. The van der Waals surface area contributed by atoms with Crippen LogP contribution in [0.1, 0.15) is 37.9 Å². The zero-order valence-corrected chi connectivity index (χ0v) is 10.8. The van der Waals surface area contributed by atoms with Crippen LogP contribution < -0.4 is 11.1 Å². The predicted molar refractivity (Wildman–Crippen MR) is 69.4 cm³/mol. The summed E-state index contributed by atoms with van der Waals surface area (Å²) in [5.41, 5.74) is 7.18. The van der Waals surface area contributed by atoms with E-state index in [9.17, 15) is 4.39 Å². The molecule has 94 valence electrons. The van der Waals surface area contributed by atoms with Gasteiger partial charge in [-0.15, -0.1) is 0 Å². The molecule has 0 aliphatic heterocycles. The second-order valence-electron chi connectivity index (χ2n) is 4.50. The van der Waals surface area contributed by atoms with Gasteiger partial charge in [0, 0.05) is 6.04 Å². The molecule has 0 aromatic heterocycles. The van der Waals surface area contributed by atoms with Gasteiger partial charge >= 0.3 is 0 Å². The molecule has 0 spiro atoms. The molecule has 0 saturated heterocycles. The van der Waals surface area contributed by atoms with Crippen molar-refractivity contribution in [2.75, 3.05) is 0 Å². The Bertz CT molecular complexity index is 413. The van der Waals surface area contributed by atoms with Gasteiger partial charge in [0.1, 0.15) is 5.82 Å². The number of aliphatic imine (C=N–C) groups is 1. The Morgan fingerprint density at radius 1 is 1.35 bits per heavy atom. The first-order valence-electron chi connectivity index (χ1n) is 5.76. The topological polar surface area (TPSA) is 50.4 Å². The van der Waals surface area contributed by atoms with Gasteiger partial charge in [0.15, 0.2) is 5.96 Å². The van der Waals surface area contributed by atoms with Crippen LogP contribution in [0.4, 0.5) is 4.39 Å². The highest BCUT2D eigenvalue weighted by molar-refractivity contribution is 5.78. The van der Waals surface area contributed by atoms with Crippen molar-refractivity contribution < 1.29 is 4.39 Å². The van der Waals surface area contributed by atoms with Crippen LogP contribution >= 0.6 is 0 Å². The van der Waals surface area contributed by atoms with Crippen LogP contribution in [0, 0.1) is 12.7 Å². The largest absolute Gasteiger partial charge is 0.370 e. The third-order valence-electron chi connectivity index (χ3n) is 2.45. The third kappa shape index (κ3) is 4.06. The number of aryl methyl sites for hydroxylation is 1. The molecule has 0 aliphatic carbocycles. The van der Waals surface area contributed by atoms with E-state index < -0.39 is 0 Å². The SMILES string of the molecule is Cc1ccc(C(C)N=C(N)NC(C)C)cc1F. The van der Waals surface area contributed by atoms with Crippen molar-refractivity contribution in [2.24, 2.45) is 10.7 Å². The minimum atomic E-state index is -0.208. The lowest BCUT2D eigenvalue weighted by Gasteiger charge is -2.12. The highest BCUT2D eigenvalue weighted by Gasteiger charge is 2.07. The van der Waals surface area contributed by atoms with Gasteiger partial charge in [0.2, 0.25) is 0 Å². The van der Waals surface area contributed by atoms with Crippen LogP contribution in [-0.4, -0.2) is 12.0 Å². The standard InChI is InChI=1S/C13H20FN3/c1-8(2)16-13(15)17-10(4)11-6-5-9(3)12(14)7-11/h5-8,10H,1-4H3,(H3,15,16,17). The number of nitrogens with two attached hydrogens (primary N) is 1. The first-order valence-corrected chi connectivity index (χ1v) is 5.76. The van der Waals surface area contributed by atoms with E-state index in [2.05, 4.69) is 10.3 Å². The Morgan fingerprint density at radius 2 is 2.00 bits per heavy atom. The molecule has 1 aromatic rings. The van der Waals surface area contributed by atoms with Crippen molar-refractivity contribution in [3.8, 4) is 0 Å². The highest BCUT2D eigenvalue weighted by Crippen LogP contribution is 2.19. The lowest BCUT2D eigenvalue weighted by Crippen LogP contribution is -2.36. The molecule has 1 atom stereocenters. The summed E-state index contributed by atoms with van der Waals surface area (Å²) in [5.74, 6) is 0.174. The van der Waals surface area contributed by atoms with Gasteiger partial charge in [-0.05, 0) is 44.9 Å². The monoisotopic (exact) mass is 237 g/mol. The molecule has 1 rings (SSSR count). The Kier molecular flexibility index (Phi) is 4.49. The van der Waals surface area contributed by atoms with Crippen LogP contribution in [0.2, 0.25) is 0 Å². The van der Waals surface area contributed by atoms with Crippen molar-refractivity contribution in [1.29, 1.82) is 0 Å². The fraction of sp³-hybridized carbons (Fsp3) is 0.462. The van der Waals surface area contributed by atoms with E-state index in [0.717, 1.165) is 5.56 Å². The maximum Gasteiger partial charge on any atom is 0.189 e. The van der Waals surface area contributed by atoms with E-state index in [-0.39, 0.29) is 17.9 Å². The molecule has 0 heterocycles. The quantitative estimate of drug-likeness (QED) is 0.627. The number of guanidine groups is 1. The molecule has 0 fully saturated rings. The van der Waals surface area contributed by atoms with Gasteiger partial charge in [-0.3, -0.25) is 0 Å². The van der Waals surface area contributed by atoms with Crippen LogP contribution in [0.3, 0.4) is 0 Å². The molecule has 0 amide bonds. The first-order chi connectivity index (χ1) is 7.90. The van der Waals surface area contributed by atoms with E-state index in [1.807, 2.05) is 26.8 Å². The normalized spacial score (nSPS) is 13.9. The fourth-order valence-corrected chi connectivity index (χ4v) is 1.49. The molecular formula is C13H20FN3. The zero-order valence-electron chi connectivity index (χ0n) is 10.8. The number of benzene rings is 1. The molecule has 0 aliphatic rings. The second kappa shape index (κ2) is 5.66. The van der Waals surface area contributed by atoms with E-state index in [1.54, 1.807) is 13.0 Å². The zero-order chi connectivity index (χ0) is 13.0. The summed E-state index contributed by atoms with van der Waals surface area (Å²) in [6.45, 7) is 7.60. The highest BCUT2D eigenvalue weighted by atomic mass is 19.1. The number of halogens is 1. The van der Waals surface area contributed by atoms with Gasteiger partial charge in [0.05, 0.1) is 6.04 Å². The number of nitrogens with one attached hydrogen (secondary N) is 1. The maximum atomic E-state index is 13.4. The summed E-state index contributed by atoms with van der Waals surface area (Å²) in [6.07, 6.45) is 0. The Hall–Kier alpha value is -1.58. The molecule has 0 bridgehead atoms. The summed E-state index contributed by atoms with van der Waals surface area (Å²) in [4.78, 5) is 4.27.